The number of hydrogen-bond acceptors (Lipinski definition) is 5. The van der Waals surface area contributed by atoms with Crippen LogP contribution >= 0.6 is 31.9 Å². The highest BCUT2D eigenvalue weighted by Gasteiger charge is 2.31. The molecule has 2 aromatic rings. The van der Waals surface area contributed by atoms with E-state index in [2.05, 4.69) is 65.7 Å². The summed E-state index contributed by atoms with van der Waals surface area (Å²) in [4.78, 5) is 9.67. The zero-order chi connectivity index (χ0) is 21.4. The molecule has 2 unspecified atom stereocenters. The average Bonchev–Trinajstić information content (AvgIpc) is 2.74. The predicted octanol–water partition coefficient (Wildman–Crippen LogP) is 6.30. The molecule has 2 saturated heterocycles. The van der Waals surface area contributed by atoms with Gasteiger partial charge in [-0.3, -0.25) is 0 Å². The quantitative estimate of drug-likeness (QED) is 0.395. The number of halogens is 2. The van der Waals surface area contributed by atoms with Crippen molar-refractivity contribution in [3.8, 4) is 11.5 Å². The van der Waals surface area contributed by atoms with Crippen LogP contribution in [0, 0.1) is 18.8 Å². The molecule has 4 heterocycles. The van der Waals surface area contributed by atoms with Gasteiger partial charge in [-0.25, -0.2) is 4.98 Å². The van der Waals surface area contributed by atoms with Gasteiger partial charge in [0.15, 0.2) is 17.3 Å². The Labute approximate surface area is 201 Å². The number of ether oxygens (including phenoxy) is 2. The third-order valence-corrected chi connectivity index (χ3v) is 7.86. The molecule has 7 heteroatoms. The standard InChI is InChI=1S/C24H29Br2N3O2/c1-16-7-21-22(10-20(16)26)31-23-9-19(25)11-27-24(23)29(21)6-4-2-3-5-28-12-17-8-18(13-28)15-30-14-17/h7,9-11,17-18H,2-6,8,12-15H2,1H3. The summed E-state index contributed by atoms with van der Waals surface area (Å²) in [5.74, 6) is 4.09. The summed E-state index contributed by atoms with van der Waals surface area (Å²) in [5.41, 5.74) is 2.31. The zero-order valence-corrected chi connectivity index (χ0v) is 21.1. The second kappa shape index (κ2) is 9.38. The molecular formula is C24H29Br2N3O2. The van der Waals surface area contributed by atoms with Gasteiger partial charge in [0, 0.05) is 40.8 Å². The van der Waals surface area contributed by atoms with E-state index in [-0.39, 0.29) is 0 Å². The molecule has 0 saturated carbocycles. The Balaban J connectivity index is 1.21. The van der Waals surface area contributed by atoms with Gasteiger partial charge in [-0.2, -0.15) is 0 Å². The van der Waals surface area contributed by atoms with E-state index >= 15 is 0 Å². The lowest BCUT2D eigenvalue weighted by Crippen LogP contribution is -2.46. The maximum atomic E-state index is 6.19. The predicted molar refractivity (Wildman–Crippen MR) is 131 cm³/mol. The van der Waals surface area contributed by atoms with E-state index in [1.54, 1.807) is 0 Å². The second-order valence-electron chi connectivity index (χ2n) is 9.12. The fourth-order valence-electron chi connectivity index (χ4n) is 5.12. The van der Waals surface area contributed by atoms with Crippen LogP contribution in [0.3, 0.4) is 0 Å². The first-order valence-electron chi connectivity index (χ1n) is 11.3. The lowest BCUT2D eigenvalue weighted by molar-refractivity contribution is -0.0405. The van der Waals surface area contributed by atoms with Crippen molar-refractivity contribution in [2.75, 3.05) is 44.3 Å². The number of fused-ring (bicyclic) bond motifs is 4. The number of anilines is 2. The van der Waals surface area contributed by atoms with Crippen LogP contribution in [0.15, 0.2) is 33.3 Å². The van der Waals surface area contributed by atoms with Gasteiger partial charge in [-0.05, 0) is 78.2 Å². The average molecular weight is 551 g/mol. The van der Waals surface area contributed by atoms with Crippen molar-refractivity contribution in [2.45, 2.75) is 32.6 Å². The molecule has 166 valence electrons. The topological polar surface area (TPSA) is 37.8 Å². The van der Waals surface area contributed by atoms with Gasteiger partial charge in [-0.15, -0.1) is 0 Å². The van der Waals surface area contributed by atoms with Crippen molar-refractivity contribution in [1.29, 1.82) is 0 Å². The number of hydrogen-bond donors (Lipinski definition) is 0. The summed E-state index contributed by atoms with van der Waals surface area (Å²) in [5, 5.41) is 0. The number of nitrogens with zero attached hydrogens (tertiary/aromatic N) is 3. The number of pyridine rings is 1. The van der Waals surface area contributed by atoms with Crippen molar-refractivity contribution in [1.82, 2.24) is 9.88 Å². The Kier molecular flexibility index (Phi) is 6.56. The maximum absolute atomic E-state index is 6.19. The van der Waals surface area contributed by atoms with Gasteiger partial charge in [0.2, 0.25) is 0 Å². The Morgan fingerprint density at radius 3 is 2.58 bits per heavy atom. The lowest BCUT2D eigenvalue weighted by Gasteiger charge is -2.41. The van der Waals surface area contributed by atoms with Crippen LogP contribution in [-0.4, -0.2) is 49.3 Å². The van der Waals surface area contributed by atoms with Gasteiger partial charge >= 0.3 is 0 Å². The number of rotatable bonds is 6. The Morgan fingerprint density at radius 1 is 1.00 bits per heavy atom. The number of aromatic nitrogens is 1. The molecule has 2 bridgehead atoms. The Bertz CT molecular complexity index is 943. The second-order valence-corrected chi connectivity index (χ2v) is 10.9. The van der Waals surface area contributed by atoms with Crippen LogP contribution in [0.1, 0.15) is 31.2 Å². The van der Waals surface area contributed by atoms with Crippen LogP contribution in [0.4, 0.5) is 11.5 Å². The molecule has 31 heavy (non-hydrogen) atoms. The van der Waals surface area contributed by atoms with Crippen molar-refractivity contribution in [2.24, 2.45) is 11.8 Å². The zero-order valence-electron chi connectivity index (χ0n) is 17.9. The van der Waals surface area contributed by atoms with E-state index in [9.17, 15) is 0 Å². The smallest absolute Gasteiger partial charge is 0.176 e. The first-order chi connectivity index (χ1) is 15.1. The first-order valence-corrected chi connectivity index (χ1v) is 12.9. The minimum Gasteiger partial charge on any atom is -0.451 e. The van der Waals surface area contributed by atoms with E-state index in [0.717, 1.165) is 70.0 Å². The lowest BCUT2D eigenvalue weighted by atomic mass is 9.88. The molecular weight excluding hydrogens is 522 g/mol. The molecule has 1 aromatic heterocycles. The third-order valence-electron chi connectivity index (χ3n) is 6.57. The summed E-state index contributed by atoms with van der Waals surface area (Å²) in [6, 6.07) is 6.27. The highest BCUT2D eigenvalue weighted by molar-refractivity contribution is 9.10. The van der Waals surface area contributed by atoms with E-state index in [4.69, 9.17) is 9.47 Å². The van der Waals surface area contributed by atoms with Gasteiger partial charge in [0.25, 0.3) is 0 Å². The van der Waals surface area contributed by atoms with E-state index in [1.807, 2.05) is 12.3 Å². The monoisotopic (exact) mass is 549 g/mol. The fourth-order valence-corrected chi connectivity index (χ4v) is 5.76. The molecule has 5 nitrogen and oxygen atoms in total. The van der Waals surface area contributed by atoms with E-state index in [1.165, 1.54) is 44.5 Å². The molecule has 3 aliphatic rings. The number of likely N-dealkylation sites (tertiary alicyclic amines) is 1. The summed E-state index contributed by atoms with van der Waals surface area (Å²) in [6.45, 7) is 8.62. The summed E-state index contributed by atoms with van der Waals surface area (Å²) in [6.07, 6.45) is 6.82. The molecule has 2 fully saturated rings. The molecule has 0 spiro atoms. The van der Waals surface area contributed by atoms with Crippen LogP contribution < -0.4 is 9.64 Å². The van der Waals surface area contributed by atoms with Crippen LogP contribution in [-0.2, 0) is 4.74 Å². The molecule has 1 aromatic carbocycles. The van der Waals surface area contributed by atoms with Gasteiger partial charge in [0.05, 0.1) is 18.9 Å². The SMILES string of the molecule is Cc1cc2c(cc1Br)Oc1cc(Br)cnc1N2CCCCCN1CC2COCC(C2)C1. The fraction of sp³-hybridized carbons (Fsp3) is 0.542. The third kappa shape index (κ3) is 4.80. The molecule has 0 aliphatic carbocycles. The van der Waals surface area contributed by atoms with Crippen LogP contribution in [0.5, 0.6) is 11.5 Å². The molecule has 0 radical (unpaired) electrons. The number of unbranched alkanes of at least 4 members (excludes halogenated alkanes) is 2. The van der Waals surface area contributed by atoms with Crippen molar-refractivity contribution in [3.05, 3.63) is 38.9 Å². The Hall–Kier alpha value is -1.15. The Morgan fingerprint density at radius 2 is 1.77 bits per heavy atom. The van der Waals surface area contributed by atoms with Gasteiger partial charge in [0.1, 0.15) is 0 Å². The number of benzene rings is 1. The summed E-state index contributed by atoms with van der Waals surface area (Å²) >= 11 is 7.16. The minimum atomic E-state index is 0.752. The minimum absolute atomic E-state index is 0.752. The van der Waals surface area contributed by atoms with Gasteiger partial charge in [-0.1, -0.05) is 22.4 Å². The molecule has 2 atom stereocenters. The highest BCUT2D eigenvalue weighted by atomic mass is 79.9. The van der Waals surface area contributed by atoms with E-state index in [0.29, 0.717) is 0 Å². The summed E-state index contributed by atoms with van der Waals surface area (Å²) < 4.78 is 13.9. The molecule has 0 amide bonds. The largest absolute Gasteiger partial charge is 0.451 e. The van der Waals surface area contributed by atoms with E-state index < -0.39 is 0 Å². The number of piperidine rings is 1. The van der Waals surface area contributed by atoms with Crippen molar-refractivity contribution in [3.63, 3.8) is 0 Å². The van der Waals surface area contributed by atoms with Gasteiger partial charge < -0.3 is 19.3 Å². The van der Waals surface area contributed by atoms with Crippen LogP contribution in [0.2, 0.25) is 0 Å². The maximum Gasteiger partial charge on any atom is 0.176 e. The van der Waals surface area contributed by atoms with Crippen LogP contribution in [0.25, 0.3) is 0 Å². The van der Waals surface area contributed by atoms with Crippen molar-refractivity contribution < 1.29 is 9.47 Å². The summed E-state index contributed by atoms with van der Waals surface area (Å²) in [7, 11) is 0. The molecule has 3 aliphatic heterocycles. The number of aryl methyl sites for hydroxylation is 1. The molecule has 0 N–H and O–H groups in total. The highest BCUT2D eigenvalue weighted by Crippen LogP contribution is 2.48. The van der Waals surface area contributed by atoms with Crippen molar-refractivity contribution >= 4 is 43.4 Å². The normalized spacial score (nSPS) is 22.6. The first kappa shape index (κ1) is 21.7. The molecule has 5 rings (SSSR count).